The molecule has 0 spiro atoms. The van der Waals surface area contributed by atoms with Crippen molar-refractivity contribution in [2.24, 2.45) is 0 Å². The zero-order valence-electron chi connectivity index (χ0n) is 19.4. The van der Waals surface area contributed by atoms with Crippen LogP contribution in [0.15, 0.2) is 89.8 Å². The molecule has 5 rings (SSSR count). The van der Waals surface area contributed by atoms with Gasteiger partial charge in [0.15, 0.2) is 5.75 Å². The van der Waals surface area contributed by atoms with E-state index in [1.165, 1.54) is 24.3 Å². The fourth-order valence-corrected chi connectivity index (χ4v) is 5.72. The lowest BCUT2D eigenvalue weighted by Crippen LogP contribution is -2.49. The summed E-state index contributed by atoms with van der Waals surface area (Å²) in [6, 6.07) is 23.1. The Morgan fingerprint density at radius 3 is 2.25 bits per heavy atom. The van der Waals surface area contributed by atoms with Gasteiger partial charge in [-0.25, -0.2) is 0 Å². The summed E-state index contributed by atoms with van der Waals surface area (Å²) in [5.41, 5.74) is 0.578. The maximum Gasteiger partial charge on any atom is 0.295 e. The summed E-state index contributed by atoms with van der Waals surface area (Å²) in [6.45, 7) is 1.35. The Morgan fingerprint density at radius 2 is 1.64 bits per heavy atom. The van der Waals surface area contributed by atoms with Crippen molar-refractivity contribution in [3.8, 4) is 5.75 Å². The van der Waals surface area contributed by atoms with Crippen molar-refractivity contribution < 1.29 is 22.8 Å². The molecular formula is C26H26N4O5S. The molecule has 186 valence electrons. The van der Waals surface area contributed by atoms with Crippen LogP contribution >= 0.6 is 0 Å². The third-order valence-electron chi connectivity index (χ3n) is 6.31. The summed E-state index contributed by atoms with van der Waals surface area (Å²) in [5.74, 6) is -0.212. The van der Waals surface area contributed by atoms with Crippen molar-refractivity contribution in [2.75, 3.05) is 24.1 Å². The quantitative estimate of drug-likeness (QED) is 0.454. The molecule has 2 N–H and O–H groups in total. The number of amides is 2. The van der Waals surface area contributed by atoms with Gasteiger partial charge in [-0.15, -0.1) is 0 Å². The van der Waals surface area contributed by atoms with Crippen LogP contribution in [0.1, 0.15) is 16.8 Å². The number of likely N-dealkylation sites (tertiary alicyclic amines) is 1. The van der Waals surface area contributed by atoms with E-state index in [0.717, 1.165) is 17.4 Å². The van der Waals surface area contributed by atoms with Gasteiger partial charge in [0.05, 0.1) is 17.1 Å². The summed E-state index contributed by atoms with van der Waals surface area (Å²) in [7, 11) is -4.12. The van der Waals surface area contributed by atoms with Crippen LogP contribution in [-0.4, -0.2) is 56.9 Å². The second-order valence-corrected chi connectivity index (χ2v) is 10.5. The minimum absolute atomic E-state index is 0.0458. The third-order valence-corrected chi connectivity index (χ3v) is 7.90. The first kappa shape index (κ1) is 23.8. The van der Waals surface area contributed by atoms with Gasteiger partial charge in [0.1, 0.15) is 0 Å². The molecule has 2 aliphatic heterocycles. The maximum absolute atomic E-state index is 13.5. The van der Waals surface area contributed by atoms with Crippen LogP contribution in [-0.2, 0) is 14.8 Å². The number of carbonyl (C=O) groups is 2. The first-order valence-corrected chi connectivity index (χ1v) is 13.1. The standard InChI is InChI=1S/C26H26N4O5S/c31-25(29-18-20-15-22(29)16-27-20)17-28-26(32)19-11-13-24(14-12-19)36(33,34)30(21-7-3-1-4-8-21)35-23-9-5-2-6-10-23/h1-14,20,22,27H,15-18H2,(H,28,32). The highest BCUT2D eigenvalue weighted by Gasteiger charge is 2.39. The van der Waals surface area contributed by atoms with Crippen LogP contribution in [0.5, 0.6) is 5.75 Å². The molecule has 2 fully saturated rings. The number of piperazine rings is 1. The van der Waals surface area contributed by atoms with Gasteiger partial charge in [-0.1, -0.05) is 40.9 Å². The van der Waals surface area contributed by atoms with E-state index >= 15 is 0 Å². The first-order chi connectivity index (χ1) is 17.4. The lowest BCUT2D eigenvalue weighted by Gasteiger charge is -2.27. The van der Waals surface area contributed by atoms with E-state index in [9.17, 15) is 18.0 Å². The Kier molecular flexibility index (Phi) is 6.62. The molecule has 2 saturated heterocycles. The highest BCUT2D eigenvalue weighted by molar-refractivity contribution is 7.92. The fourth-order valence-electron chi connectivity index (χ4n) is 4.47. The molecule has 3 aromatic rings. The van der Waals surface area contributed by atoms with E-state index in [-0.39, 0.29) is 29.0 Å². The normalized spacial score (nSPS) is 18.6. The summed E-state index contributed by atoms with van der Waals surface area (Å²) < 4.78 is 27.8. The SMILES string of the molecule is O=C(NCC(=O)N1CC2CC1CN2)c1ccc(S(=O)(=O)N(Oc2ccccc2)c2ccccc2)cc1. The number of sulfonamides is 1. The van der Waals surface area contributed by atoms with E-state index < -0.39 is 15.9 Å². The van der Waals surface area contributed by atoms with E-state index in [0.29, 0.717) is 24.0 Å². The highest BCUT2D eigenvalue weighted by Crippen LogP contribution is 2.26. The number of para-hydroxylation sites is 2. The monoisotopic (exact) mass is 506 g/mol. The minimum Gasteiger partial charge on any atom is -0.364 e. The van der Waals surface area contributed by atoms with Crippen molar-refractivity contribution in [2.45, 2.75) is 23.4 Å². The largest absolute Gasteiger partial charge is 0.364 e. The van der Waals surface area contributed by atoms with Crippen molar-refractivity contribution in [3.63, 3.8) is 0 Å². The molecule has 3 aromatic carbocycles. The molecule has 2 heterocycles. The van der Waals surface area contributed by atoms with Gasteiger partial charge in [-0.05, 0) is 55.0 Å². The van der Waals surface area contributed by atoms with Gasteiger partial charge in [0, 0.05) is 30.7 Å². The second-order valence-electron chi connectivity index (χ2n) is 8.72. The van der Waals surface area contributed by atoms with Crippen LogP contribution in [0.3, 0.4) is 0 Å². The predicted octanol–water partition coefficient (Wildman–Crippen LogP) is 2.18. The van der Waals surface area contributed by atoms with Gasteiger partial charge in [-0.2, -0.15) is 8.42 Å². The molecule has 0 aliphatic carbocycles. The minimum atomic E-state index is -4.12. The molecular weight excluding hydrogens is 480 g/mol. The average Bonchev–Trinajstić information content (AvgIpc) is 3.55. The molecule has 9 nitrogen and oxygen atoms in total. The van der Waals surface area contributed by atoms with Gasteiger partial charge in [0.25, 0.3) is 15.9 Å². The number of nitrogens with one attached hydrogen (secondary N) is 2. The molecule has 10 heteroatoms. The van der Waals surface area contributed by atoms with Crippen molar-refractivity contribution in [1.29, 1.82) is 0 Å². The summed E-state index contributed by atoms with van der Waals surface area (Å²) in [5, 5.41) is 5.98. The second kappa shape index (κ2) is 10.00. The van der Waals surface area contributed by atoms with E-state index in [4.69, 9.17) is 4.84 Å². The van der Waals surface area contributed by atoms with Crippen molar-refractivity contribution >= 4 is 27.5 Å². The number of anilines is 1. The molecule has 0 aromatic heterocycles. The van der Waals surface area contributed by atoms with Crippen LogP contribution in [0.25, 0.3) is 0 Å². The first-order valence-electron chi connectivity index (χ1n) is 11.7. The number of hydrogen-bond acceptors (Lipinski definition) is 6. The Bertz CT molecular complexity index is 1330. The predicted molar refractivity (Wildman–Crippen MR) is 134 cm³/mol. The van der Waals surface area contributed by atoms with Crippen LogP contribution in [0, 0.1) is 0 Å². The van der Waals surface area contributed by atoms with Crippen LogP contribution in [0.2, 0.25) is 0 Å². The van der Waals surface area contributed by atoms with Gasteiger partial charge >= 0.3 is 0 Å². The number of hydrogen-bond donors (Lipinski definition) is 2. The molecule has 2 aliphatic rings. The summed E-state index contributed by atoms with van der Waals surface area (Å²) in [4.78, 5) is 32.6. The Morgan fingerprint density at radius 1 is 0.972 bits per heavy atom. The number of benzene rings is 3. The van der Waals surface area contributed by atoms with Crippen molar-refractivity contribution in [3.05, 3.63) is 90.5 Å². The number of fused-ring (bicyclic) bond motifs is 2. The molecule has 2 unspecified atom stereocenters. The highest BCUT2D eigenvalue weighted by atomic mass is 32.2. The van der Waals surface area contributed by atoms with Crippen molar-refractivity contribution in [1.82, 2.24) is 15.5 Å². The molecule has 36 heavy (non-hydrogen) atoms. The maximum atomic E-state index is 13.5. The van der Waals surface area contributed by atoms with Gasteiger partial charge in [-0.3, -0.25) is 9.59 Å². The molecule has 0 saturated carbocycles. The Balaban J connectivity index is 1.29. The summed E-state index contributed by atoms with van der Waals surface area (Å²) >= 11 is 0. The van der Waals surface area contributed by atoms with E-state index in [1.807, 2.05) is 4.90 Å². The zero-order valence-corrected chi connectivity index (χ0v) is 20.2. The molecule has 2 amide bonds. The average molecular weight is 507 g/mol. The van der Waals surface area contributed by atoms with Crippen LogP contribution in [0.4, 0.5) is 5.69 Å². The zero-order chi connectivity index (χ0) is 25.1. The smallest absolute Gasteiger partial charge is 0.295 e. The van der Waals surface area contributed by atoms with Crippen LogP contribution < -0.4 is 19.9 Å². The molecule has 2 atom stereocenters. The topological polar surface area (TPSA) is 108 Å². The number of rotatable bonds is 8. The lowest BCUT2D eigenvalue weighted by molar-refractivity contribution is -0.131. The molecule has 0 radical (unpaired) electrons. The Labute approximate surface area is 209 Å². The molecule has 2 bridgehead atoms. The van der Waals surface area contributed by atoms with Gasteiger partial charge in [0.2, 0.25) is 5.91 Å². The Hall–Kier alpha value is -3.89. The number of carbonyl (C=O) groups excluding carboxylic acids is 2. The fraction of sp³-hybridized carbons (Fsp3) is 0.231. The number of nitrogens with zero attached hydrogens (tertiary/aromatic N) is 2. The summed E-state index contributed by atoms with van der Waals surface area (Å²) in [6.07, 6.45) is 0.948. The van der Waals surface area contributed by atoms with E-state index in [1.54, 1.807) is 60.7 Å². The van der Waals surface area contributed by atoms with E-state index in [2.05, 4.69) is 10.6 Å². The third kappa shape index (κ3) is 4.91. The van der Waals surface area contributed by atoms with Gasteiger partial charge < -0.3 is 20.4 Å². The lowest BCUT2D eigenvalue weighted by atomic mass is 10.2.